The highest BCUT2D eigenvalue weighted by Crippen LogP contribution is 2.29. The summed E-state index contributed by atoms with van der Waals surface area (Å²) in [5, 5.41) is 11.8. The Balaban J connectivity index is 2.66. The maximum Gasteiger partial charge on any atom is 0.411 e. The van der Waals surface area contributed by atoms with Gasteiger partial charge in [-0.1, -0.05) is 5.16 Å². The average Bonchev–Trinajstić information content (AvgIpc) is 1.99. The largest absolute Gasteiger partial charge is 0.444 e. The number of carbonyl (C=O) groups excluding carboxylic acids is 1. The van der Waals surface area contributed by atoms with Crippen LogP contribution in [0.3, 0.4) is 0 Å². The van der Waals surface area contributed by atoms with Crippen molar-refractivity contribution in [3.8, 4) is 0 Å². The lowest BCUT2D eigenvalue weighted by Crippen LogP contribution is -2.67. The Labute approximate surface area is 89.7 Å². The molecule has 1 rings (SSSR count). The predicted molar refractivity (Wildman–Crippen MR) is 56.2 cm³/mol. The van der Waals surface area contributed by atoms with Gasteiger partial charge in [0.25, 0.3) is 0 Å². The van der Waals surface area contributed by atoms with Gasteiger partial charge in [0.05, 0.1) is 12.1 Å². The second-order valence-corrected chi connectivity index (χ2v) is 5.17. The molecule has 0 aliphatic carbocycles. The molecule has 0 atom stereocenters. The van der Waals surface area contributed by atoms with Gasteiger partial charge in [0, 0.05) is 0 Å². The highest BCUT2D eigenvalue weighted by molar-refractivity contribution is 6.04. The Morgan fingerprint density at radius 2 is 2.07 bits per heavy atom. The fraction of sp³-hybridized carbons (Fsp3) is 0.800. The first kappa shape index (κ1) is 11.8. The van der Waals surface area contributed by atoms with Crippen LogP contribution in [0.5, 0.6) is 0 Å². The van der Waals surface area contributed by atoms with E-state index in [9.17, 15) is 4.79 Å². The number of oxime groups is 1. The Kier molecular flexibility index (Phi) is 2.67. The van der Waals surface area contributed by atoms with Crippen molar-refractivity contribution >= 4 is 11.8 Å². The van der Waals surface area contributed by atoms with E-state index in [2.05, 4.69) is 5.16 Å². The van der Waals surface area contributed by atoms with E-state index in [4.69, 9.17) is 9.94 Å². The fourth-order valence-electron chi connectivity index (χ4n) is 1.37. The van der Waals surface area contributed by atoms with Gasteiger partial charge in [-0.3, -0.25) is 4.90 Å². The lowest BCUT2D eigenvalue weighted by atomic mass is 9.87. The smallest absolute Gasteiger partial charge is 0.411 e. The Hall–Kier alpha value is -1.26. The lowest BCUT2D eigenvalue weighted by Gasteiger charge is -2.48. The standard InChI is InChI=1S/C10H18N2O3/c1-9(2,3)15-8(13)12-6-7(11-14)10(12,4)5/h14H,6H2,1-5H3. The zero-order chi connectivity index (χ0) is 11.9. The molecule has 1 saturated heterocycles. The first-order valence-electron chi connectivity index (χ1n) is 4.90. The van der Waals surface area contributed by atoms with E-state index >= 15 is 0 Å². The summed E-state index contributed by atoms with van der Waals surface area (Å²) >= 11 is 0. The minimum atomic E-state index is -0.545. The SMILES string of the molecule is CC(C)(C)OC(=O)N1CC(=NO)C1(C)C. The van der Waals surface area contributed by atoms with Gasteiger partial charge in [-0.15, -0.1) is 0 Å². The summed E-state index contributed by atoms with van der Waals surface area (Å²) in [4.78, 5) is 13.2. The van der Waals surface area contributed by atoms with Crippen LogP contribution < -0.4 is 0 Å². The van der Waals surface area contributed by atoms with Crippen molar-refractivity contribution in [2.24, 2.45) is 5.16 Å². The summed E-state index contributed by atoms with van der Waals surface area (Å²) < 4.78 is 5.22. The van der Waals surface area contributed by atoms with Crippen LogP contribution in [0.4, 0.5) is 4.79 Å². The van der Waals surface area contributed by atoms with Crippen LogP contribution >= 0.6 is 0 Å². The Bertz CT molecular complexity index is 302. The molecule has 1 aliphatic rings. The van der Waals surface area contributed by atoms with E-state index < -0.39 is 11.1 Å². The molecular formula is C10H18N2O3. The molecule has 0 bridgehead atoms. The van der Waals surface area contributed by atoms with Gasteiger partial charge < -0.3 is 9.94 Å². The molecule has 0 radical (unpaired) electrons. The van der Waals surface area contributed by atoms with E-state index in [0.29, 0.717) is 12.3 Å². The number of hydrogen-bond acceptors (Lipinski definition) is 4. The van der Waals surface area contributed by atoms with Crippen LogP contribution in [0, 0.1) is 0 Å². The summed E-state index contributed by atoms with van der Waals surface area (Å²) in [7, 11) is 0. The molecule has 0 aromatic heterocycles. The van der Waals surface area contributed by atoms with Gasteiger partial charge in [-0.25, -0.2) is 4.79 Å². The summed E-state index contributed by atoms with van der Waals surface area (Å²) in [6, 6.07) is 0. The van der Waals surface area contributed by atoms with E-state index in [0.717, 1.165) is 0 Å². The lowest BCUT2D eigenvalue weighted by molar-refractivity contribution is 0.00648. The van der Waals surface area contributed by atoms with Crippen LogP contribution in [0.25, 0.3) is 0 Å². The number of ether oxygens (including phenoxy) is 1. The van der Waals surface area contributed by atoms with Crippen molar-refractivity contribution < 1.29 is 14.7 Å². The molecule has 0 saturated carbocycles. The molecule has 86 valence electrons. The molecule has 1 heterocycles. The van der Waals surface area contributed by atoms with Gasteiger partial charge in [-0.2, -0.15) is 0 Å². The van der Waals surface area contributed by atoms with E-state index in [1.165, 1.54) is 4.90 Å². The van der Waals surface area contributed by atoms with E-state index in [1.807, 2.05) is 34.6 Å². The van der Waals surface area contributed by atoms with Crippen LogP contribution in [0.15, 0.2) is 5.16 Å². The Morgan fingerprint density at radius 1 is 1.53 bits per heavy atom. The van der Waals surface area contributed by atoms with E-state index in [1.54, 1.807) is 0 Å². The topological polar surface area (TPSA) is 62.1 Å². The molecule has 5 nitrogen and oxygen atoms in total. The third-order valence-corrected chi connectivity index (χ3v) is 2.42. The maximum absolute atomic E-state index is 11.7. The molecule has 5 heteroatoms. The van der Waals surface area contributed by atoms with Crippen molar-refractivity contribution in [3.05, 3.63) is 0 Å². The van der Waals surface area contributed by atoms with Gasteiger partial charge in [0.1, 0.15) is 11.3 Å². The number of rotatable bonds is 0. The second-order valence-electron chi connectivity index (χ2n) is 5.17. The Morgan fingerprint density at radius 3 is 2.40 bits per heavy atom. The van der Waals surface area contributed by atoms with Gasteiger partial charge in [0.2, 0.25) is 0 Å². The van der Waals surface area contributed by atoms with Crippen LogP contribution in [0.2, 0.25) is 0 Å². The van der Waals surface area contributed by atoms with Crippen molar-refractivity contribution in [1.29, 1.82) is 0 Å². The summed E-state index contributed by atoms with van der Waals surface area (Å²) in [6.45, 7) is 9.42. The van der Waals surface area contributed by atoms with Crippen LogP contribution in [-0.4, -0.2) is 39.6 Å². The average molecular weight is 214 g/mol. The molecule has 15 heavy (non-hydrogen) atoms. The van der Waals surface area contributed by atoms with E-state index in [-0.39, 0.29) is 6.09 Å². The molecule has 0 aromatic carbocycles. The monoisotopic (exact) mass is 214 g/mol. The summed E-state index contributed by atoms with van der Waals surface area (Å²) in [5.74, 6) is 0. The highest BCUT2D eigenvalue weighted by atomic mass is 16.6. The molecule has 1 fully saturated rings. The van der Waals surface area contributed by atoms with Crippen molar-refractivity contribution in [2.75, 3.05) is 6.54 Å². The molecule has 0 aromatic rings. The first-order chi connectivity index (χ1) is 6.68. The minimum absolute atomic E-state index is 0.332. The molecule has 1 N–H and O–H groups in total. The molecule has 1 amide bonds. The molecule has 0 unspecified atom stereocenters. The van der Waals surface area contributed by atoms with Gasteiger partial charge in [0.15, 0.2) is 0 Å². The zero-order valence-corrected chi connectivity index (χ0v) is 9.87. The van der Waals surface area contributed by atoms with Crippen molar-refractivity contribution in [2.45, 2.75) is 45.8 Å². The van der Waals surface area contributed by atoms with Gasteiger partial charge in [-0.05, 0) is 34.6 Å². The number of hydrogen-bond donors (Lipinski definition) is 1. The predicted octanol–water partition coefficient (Wildman–Crippen LogP) is 1.85. The highest BCUT2D eigenvalue weighted by Gasteiger charge is 2.48. The quantitative estimate of drug-likeness (QED) is 0.494. The zero-order valence-electron chi connectivity index (χ0n) is 9.87. The normalized spacial score (nSPS) is 22.5. The number of amides is 1. The molecule has 1 aliphatic heterocycles. The molecule has 0 spiro atoms. The first-order valence-corrected chi connectivity index (χ1v) is 4.90. The fourth-order valence-corrected chi connectivity index (χ4v) is 1.37. The van der Waals surface area contributed by atoms with Crippen LogP contribution in [-0.2, 0) is 4.74 Å². The van der Waals surface area contributed by atoms with Gasteiger partial charge >= 0.3 is 6.09 Å². The van der Waals surface area contributed by atoms with Crippen molar-refractivity contribution in [1.82, 2.24) is 4.90 Å². The number of nitrogens with zero attached hydrogens (tertiary/aromatic N) is 2. The summed E-state index contributed by atoms with van der Waals surface area (Å²) in [5.41, 5.74) is -0.454. The third kappa shape index (κ3) is 2.22. The second kappa shape index (κ2) is 3.40. The third-order valence-electron chi connectivity index (χ3n) is 2.42. The summed E-state index contributed by atoms with van der Waals surface area (Å²) in [6.07, 6.45) is -0.375. The van der Waals surface area contributed by atoms with Crippen LogP contribution in [0.1, 0.15) is 34.6 Å². The minimum Gasteiger partial charge on any atom is -0.444 e. The van der Waals surface area contributed by atoms with Crippen molar-refractivity contribution in [3.63, 3.8) is 0 Å². The number of likely N-dealkylation sites (tertiary alicyclic amines) is 1. The molecular weight excluding hydrogens is 196 g/mol. The maximum atomic E-state index is 11.7. The number of carbonyl (C=O) groups is 1.